The summed E-state index contributed by atoms with van der Waals surface area (Å²) >= 11 is 8.27. The Kier molecular flexibility index (Phi) is 5.98. The zero-order valence-electron chi connectivity index (χ0n) is 15.1. The van der Waals surface area contributed by atoms with Gasteiger partial charge < -0.3 is 5.32 Å². The lowest BCUT2D eigenvalue weighted by Crippen LogP contribution is -2.41. The maximum atomic E-state index is 12.7. The number of sulfonamides is 1. The summed E-state index contributed by atoms with van der Waals surface area (Å²) in [6, 6.07) is 6.81. The van der Waals surface area contributed by atoms with Gasteiger partial charge in [0.15, 0.2) is 5.13 Å². The summed E-state index contributed by atoms with van der Waals surface area (Å²) in [5.41, 5.74) is 1.71. The maximum absolute atomic E-state index is 12.7. The first kappa shape index (κ1) is 20.4. The second kappa shape index (κ2) is 8.49. The number of thiophene rings is 1. The Bertz CT molecular complexity index is 1110. The minimum absolute atomic E-state index is 0.128. The first-order valence-corrected chi connectivity index (χ1v) is 12.4. The third-order valence-electron chi connectivity index (χ3n) is 4.68. The Morgan fingerprint density at radius 2 is 1.90 bits per heavy atom. The molecule has 0 aromatic carbocycles. The lowest BCUT2D eigenvalue weighted by atomic mass is 9.97. The Balaban J connectivity index is 1.35. The van der Waals surface area contributed by atoms with Gasteiger partial charge in [0.25, 0.3) is 10.0 Å². The van der Waals surface area contributed by atoms with Gasteiger partial charge in [0.1, 0.15) is 4.21 Å². The van der Waals surface area contributed by atoms with Crippen molar-refractivity contribution < 1.29 is 13.2 Å². The summed E-state index contributed by atoms with van der Waals surface area (Å²) in [4.78, 5) is 21.0. The first-order chi connectivity index (χ1) is 13.9. The molecular weight excluding hydrogens is 452 g/mol. The van der Waals surface area contributed by atoms with Gasteiger partial charge in [-0.1, -0.05) is 11.6 Å². The molecule has 3 aromatic rings. The molecule has 0 spiro atoms. The molecule has 7 nitrogen and oxygen atoms in total. The van der Waals surface area contributed by atoms with Gasteiger partial charge >= 0.3 is 0 Å². The van der Waals surface area contributed by atoms with Crippen LogP contribution in [0.25, 0.3) is 11.3 Å². The van der Waals surface area contributed by atoms with Crippen LogP contribution in [-0.4, -0.2) is 41.7 Å². The number of hydrogen-bond acceptors (Lipinski definition) is 7. The van der Waals surface area contributed by atoms with Crippen LogP contribution in [0.4, 0.5) is 5.13 Å². The van der Waals surface area contributed by atoms with E-state index in [-0.39, 0.29) is 16.0 Å². The zero-order valence-corrected chi connectivity index (χ0v) is 18.3. The monoisotopic (exact) mass is 468 g/mol. The molecule has 0 atom stereocenters. The van der Waals surface area contributed by atoms with E-state index >= 15 is 0 Å². The van der Waals surface area contributed by atoms with Crippen molar-refractivity contribution >= 4 is 55.3 Å². The van der Waals surface area contributed by atoms with Gasteiger partial charge in [0, 0.05) is 42.3 Å². The Hall–Kier alpha value is -1.85. The quantitative estimate of drug-likeness (QED) is 0.611. The van der Waals surface area contributed by atoms with E-state index in [0.717, 1.165) is 22.6 Å². The van der Waals surface area contributed by atoms with E-state index in [1.807, 2.05) is 17.5 Å². The van der Waals surface area contributed by atoms with Crippen LogP contribution < -0.4 is 5.32 Å². The third-order valence-corrected chi connectivity index (χ3v) is 9.03. The van der Waals surface area contributed by atoms with Gasteiger partial charge in [-0.25, -0.2) is 13.4 Å². The van der Waals surface area contributed by atoms with E-state index in [0.29, 0.717) is 35.4 Å². The molecule has 29 heavy (non-hydrogen) atoms. The van der Waals surface area contributed by atoms with Gasteiger partial charge in [-0.3, -0.25) is 9.78 Å². The van der Waals surface area contributed by atoms with Gasteiger partial charge in [0.2, 0.25) is 5.91 Å². The van der Waals surface area contributed by atoms with Gasteiger partial charge in [-0.2, -0.15) is 4.31 Å². The van der Waals surface area contributed by atoms with Gasteiger partial charge in [-0.15, -0.1) is 22.7 Å². The second-order valence-corrected chi connectivity index (χ2v) is 11.2. The van der Waals surface area contributed by atoms with E-state index in [1.165, 1.54) is 21.7 Å². The molecule has 4 rings (SSSR count). The van der Waals surface area contributed by atoms with Crippen LogP contribution in [0.1, 0.15) is 12.8 Å². The SMILES string of the molecule is O=C(Nc1nc(-c2ccncc2)cs1)C1CCN(S(=O)(=O)c2ccc(Cl)s2)CC1. The van der Waals surface area contributed by atoms with Crippen LogP contribution >= 0.6 is 34.3 Å². The number of nitrogens with zero attached hydrogens (tertiary/aromatic N) is 3. The number of halogens is 1. The molecule has 1 fully saturated rings. The van der Waals surface area contributed by atoms with E-state index in [1.54, 1.807) is 18.5 Å². The number of thiazole rings is 1. The average molecular weight is 469 g/mol. The molecule has 0 aliphatic carbocycles. The molecule has 0 saturated carbocycles. The Labute approximate surface area is 181 Å². The highest BCUT2D eigenvalue weighted by molar-refractivity contribution is 7.91. The molecule has 11 heteroatoms. The number of pyridine rings is 1. The van der Waals surface area contributed by atoms with Crippen LogP contribution in [0.15, 0.2) is 46.2 Å². The minimum atomic E-state index is -3.56. The fourth-order valence-corrected chi connectivity index (χ4v) is 6.95. The van der Waals surface area contributed by atoms with E-state index in [4.69, 9.17) is 11.6 Å². The van der Waals surface area contributed by atoms with Crippen molar-refractivity contribution in [3.05, 3.63) is 46.4 Å². The van der Waals surface area contributed by atoms with Crippen molar-refractivity contribution in [2.24, 2.45) is 5.92 Å². The summed E-state index contributed by atoms with van der Waals surface area (Å²) in [6.45, 7) is 0.603. The normalized spacial score (nSPS) is 16.0. The number of aromatic nitrogens is 2. The van der Waals surface area contributed by atoms with Crippen molar-refractivity contribution in [3.8, 4) is 11.3 Å². The summed E-state index contributed by atoms with van der Waals surface area (Å²) in [5, 5.41) is 5.27. The number of nitrogens with one attached hydrogen (secondary N) is 1. The highest BCUT2D eigenvalue weighted by atomic mass is 35.5. The molecule has 1 amide bonds. The fourth-order valence-electron chi connectivity index (χ4n) is 3.12. The van der Waals surface area contributed by atoms with Crippen molar-refractivity contribution in [1.29, 1.82) is 0 Å². The number of rotatable bonds is 5. The summed E-state index contributed by atoms with van der Waals surface area (Å²) in [5.74, 6) is -0.376. The molecule has 3 aromatic heterocycles. The lowest BCUT2D eigenvalue weighted by Gasteiger charge is -2.29. The number of hydrogen-bond donors (Lipinski definition) is 1. The molecule has 152 valence electrons. The molecule has 0 unspecified atom stereocenters. The minimum Gasteiger partial charge on any atom is -0.302 e. The van der Waals surface area contributed by atoms with Crippen molar-refractivity contribution in [1.82, 2.24) is 14.3 Å². The largest absolute Gasteiger partial charge is 0.302 e. The second-order valence-electron chi connectivity index (χ2n) is 6.50. The zero-order chi connectivity index (χ0) is 20.4. The Morgan fingerprint density at radius 1 is 1.17 bits per heavy atom. The average Bonchev–Trinajstić information content (AvgIpc) is 3.38. The van der Waals surface area contributed by atoms with Crippen LogP contribution in [0.5, 0.6) is 0 Å². The van der Waals surface area contributed by atoms with Crippen molar-refractivity contribution in [2.45, 2.75) is 17.1 Å². The van der Waals surface area contributed by atoms with E-state index in [2.05, 4.69) is 15.3 Å². The summed E-state index contributed by atoms with van der Waals surface area (Å²) < 4.78 is 27.4. The molecule has 1 saturated heterocycles. The fraction of sp³-hybridized carbons (Fsp3) is 0.278. The van der Waals surface area contributed by atoms with Crippen LogP contribution in [0.3, 0.4) is 0 Å². The van der Waals surface area contributed by atoms with Gasteiger partial charge in [-0.05, 0) is 37.1 Å². The van der Waals surface area contributed by atoms with Gasteiger partial charge in [0.05, 0.1) is 10.0 Å². The molecule has 0 bridgehead atoms. The molecule has 4 heterocycles. The van der Waals surface area contributed by atoms with Crippen molar-refractivity contribution in [3.63, 3.8) is 0 Å². The number of amides is 1. The number of anilines is 1. The highest BCUT2D eigenvalue weighted by Crippen LogP contribution is 2.31. The molecule has 1 aliphatic heterocycles. The van der Waals surface area contributed by atoms with Crippen molar-refractivity contribution in [2.75, 3.05) is 18.4 Å². The lowest BCUT2D eigenvalue weighted by molar-refractivity contribution is -0.120. The van der Waals surface area contributed by atoms with Crippen LogP contribution in [-0.2, 0) is 14.8 Å². The standard InChI is InChI=1S/C18H17ClN4O3S3/c19-15-1-2-16(28-15)29(25,26)23-9-5-13(6-10-23)17(24)22-18-21-14(11-27-18)12-3-7-20-8-4-12/h1-4,7-8,11,13H,5-6,9-10H2,(H,21,22,24). The molecule has 1 aliphatic rings. The molecule has 0 radical (unpaired) electrons. The predicted molar refractivity (Wildman–Crippen MR) is 115 cm³/mol. The molecule has 1 N–H and O–H groups in total. The number of carbonyl (C=O) groups is 1. The van der Waals surface area contributed by atoms with Crippen LogP contribution in [0.2, 0.25) is 4.34 Å². The third kappa shape index (κ3) is 4.51. The highest BCUT2D eigenvalue weighted by Gasteiger charge is 2.33. The number of piperidine rings is 1. The van der Waals surface area contributed by atoms with E-state index in [9.17, 15) is 13.2 Å². The maximum Gasteiger partial charge on any atom is 0.252 e. The smallest absolute Gasteiger partial charge is 0.252 e. The summed E-state index contributed by atoms with van der Waals surface area (Å²) in [7, 11) is -3.56. The number of carbonyl (C=O) groups excluding carboxylic acids is 1. The van der Waals surface area contributed by atoms with Crippen LogP contribution in [0, 0.1) is 5.92 Å². The van der Waals surface area contributed by atoms with E-state index < -0.39 is 10.0 Å². The molecular formula is C18H17ClN4O3S3. The topological polar surface area (TPSA) is 92.3 Å². The first-order valence-electron chi connectivity index (χ1n) is 8.86. The predicted octanol–water partition coefficient (Wildman–Crippen LogP) is 3.96. The Morgan fingerprint density at radius 3 is 2.55 bits per heavy atom. The summed E-state index contributed by atoms with van der Waals surface area (Å²) in [6.07, 6.45) is 4.32.